The summed E-state index contributed by atoms with van der Waals surface area (Å²) in [6, 6.07) is 1.85. The molecular weight excluding hydrogens is 316 g/mol. The van der Waals surface area contributed by atoms with Crippen molar-refractivity contribution in [3.8, 4) is 0 Å². The van der Waals surface area contributed by atoms with Crippen LogP contribution < -0.4 is 4.90 Å². The third-order valence-corrected chi connectivity index (χ3v) is 5.61. The second-order valence-electron chi connectivity index (χ2n) is 7.08. The highest BCUT2D eigenvalue weighted by atomic mass is 16.2. The van der Waals surface area contributed by atoms with E-state index >= 15 is 0 Å². The zero-order valence-electron chi connectivity index (χ0n) is 14.6. The fraction of sp³-hybridized carbons (Fsp3) is 0.556. The number of carbonyl (C=O) groups excluding carboxylic acids is 1. The number of piperidine rings is 1. The van der Waals surface area contributed by atoms with Gasteiger partial charge >= 0.3 is 0 Å². The molecule has 0 aromatic carbocycles. The van der Waals surface area contributed by atoms with Gasteiger partial charge in [-0.15, -0.1) is 0 Å². The van der Waals surface area contributed by atoms with E-state index in [-0.39, 0.29) is 5.91 Å². The number of carbonyl (C=O) groups is 1. The average molecular weight is 340 g/mol. The molecule has 2 aliphatic heterocycles. The first-order valence-electron chi connectivity index (χ1n) is 9.03. The number of aromatic nitrogens is 4. The lowest BCUT2D eigenvalue weighted by molar-refractivity contribution is 0.0780. The van der Waals surface area contributed by atoms with Crippen LogP contribution in [-0.4, -0.2) is 57.2 Å². The highest BCUT2D eigenvalue weighted by Crippen LogP contribution is 2.33. The minimum atomic E-state index is 0.115. The Morgan fingerprint density at radius 1 is 1.12 bits per heavy atom. The summed E-state index contributed by atoms with van der Waals surface area (Å²) in [7, 11) is 0. The van der Waals surface area contributed by atoms with Gasteiger partial charge in [-0.05, 0) is 44.1 Å². The summed E-state index contributed by atoms with van der Waals surface area (Å²) in [4.78, 5) is 25.6. The van der Waals surface area contributed by atoms with Gasteiger partial charge < -0.3 is 9.80 Å². The van der Waals surface area contributed by atoms with Crippen molar-refractivity contribution in [3.63, 3.8) is 0 Å². The molecule has 0 bridgehead atoms. The van der Waals surface area contributed by atoms with Gasteiger partial charge in [0.2, 0.25) is 5.95 Å². The molecule has 4 rings (SSSR count). The quantitative estimate of drug-likeness (QED) is 0.923. The first kappa shape index (κ1) is 16.1. The lowest BCUT2D eigenvalue weighted by Gasteiger charge is -2.34. The van der Waals surface area contributed by atoms with Crippen molar-refractivity contribution in [2.45, 2.75) is 26.2 Å². The molecule has 0 radical (unpaired) electrons. The van der Waals surface area contributed by atoms with Crippen molar-refractivity contribution in [2.75, 3.05) is 31.1 Å². The molecule has 2 aliphatic rings. The Morgan fingerprint density at radius 3 is 2.52 bits per heavy atom. The smallest absolute Gasteiger partial charge is 0.257 e. The lowest BCUT2D eigenvalue weighted by Crippen LogP contribution is -2.38. The molecule has 0 unspecified atom stereocenters. The first-order chi connectivity index (χ1) is 12.2. The molecule has 1 amide bonds. The molecule has 0 aliphatic carbocycles. The Labute approximate surface area is 147 Å². The van der Waals surface area contributed by atoms with Crippen molar-refractivity contribution in [2.24, 2.45) is 11.8 Å². The Hall–Kier alpha value is -2.44. The Balaban J connectivity index is 1.33. The highest BCUT2D eigenvalue weighted by molar-refractivity contribution is 5.95. The summed E-state index contributed by atoms with van der Waals surface area (Å²) in [5, 5.41) is 6.82. The molecule has 25 heavy (non-hydrogen) atoms. The maximum Gasteiger partial charge on any atom is 0.257 e. The number of nitrogens with zero attached hydrogens (tertiary/aromatic N) is 5. The van der Waals surface area contributed by atoms with E-state index in [2.05, 4.69) is 25.1 Å². The second-order valence-corrected chi connectivity index (χ2v) is 7.08. The van der Waals surface area contributed by atoms with Gasteiger partial charge in [0.25, 0.3) is 5.91 Å². The van der Waals surface area contributed by atoms with Crippen molar-refractivity contribution in [1.29, 1.82) is 0 Å². The van der Waals surface area contributed by atoms with Gasteiger partial charge in [0.15, 0.2) is 0 Å². The van der Waals surface area contributed by atoms with Crippen LogP contribution in [0.15, 0.2) is 24.7 Å². The van der Waals surface area contributed by atoms with Crippen LogP contribution in [0.4, 0.5) is 5.95 Å². The number of amides is 1. The third kappa shape index (κ3) is 3.23. The predicted molar refractivity (Wildman–Crippen MR) is 94.3 cm³/mol. The summed E-state index contributed by atoms with van der Waals surface area (Å²) >= 11 is 0. The molecule has 7 heteroatoms. The molecule has 2 saturated heterocycles. The van der Waals surface area contributed by atoms with Gasteiger partial charge in [0, 0.05) is 44.3 Å². The van der Waals surface area contributed by atoms with Crippen molar-refractivity contribution in [1.82, 2.24) is 25.1 Å². The number of aryl methyl sites for hydroxylation is 1. The van der Waals surface area contributed by atoms with E-state index in [1.807, 2.05) is 17.9 Å². The summed E-state index contributed by atoms with van der Waals surface area (Å²) < 4.78 is 0. The Morgan fingerprint density at radius 2 is 1.84 bits per heavy atom. The van der Waals surface area contributed by atoms with E-state index in [0.717, 1.165) is 57.1 Å². The monoisotopic (exact) mass is 340 g/mol. The first-order valence-corrected chi connectivity index (χ1v) is 9.03. The number of hydrogen-bond acceptors (Lipinski definition) is 5. The molecule has 1 atom stereocenters. The third-order valence-electron chi connectivity index (χ3n) is 5.61. The zero-order chi connectivity index (χ0) is 17.2. The maximum absolute atomic E-state index is 12.6. The fourth-order valence-electron chi connectivity index (χ4n) is 4.12. The topological polar surface area (TPSA) is 78.0 Å². The largest absolute Gasteiger partial charge is 0.341 e. The molecule has 2 aromatic heterocycles. The minimum absolute atomic E-state index is 0.115. The fourth-order valence-corrected chi connectivity index (χ4v) is 4.12. The van der Waals surface area contributed by atoms with Gasteiger partial charge in [-0.25, -0.2) is 9.97 Å². The van der Waals surface area contributed by atoms with Gasteiger partial charge in [-0.2, -0.15) is 5.10 Å². The molecule has 4 heterocycles. The number of hydrogen-bond donors (Lipinski definition) is 1. The summed E-state index contributed by atoms with van der Waals surface area (Å²) in [6.07, 6.45) is 8.64. The molecule has 7 nitrogen and oxygen atoms in total. The van der Waals surface area contributed by atoms with Gasteiger partial charge in [-0.3, -0.25) is 9.89 Å². The summed E-state index contributed by atoms with van der Waals surface area (Å²) in [5.74, 6) is 2.24. The van der Waals surface area contributed by atoms with Crippen LogP contribution in [0.5, 0.6) is 0 Å². The van der Waals surface area contributed by atoms with Crippen LogP contribution in [0, 0.1) is 18.8 Å². The number of anilines is 1. The average Bonchev–Trinajstić information content (AvgIpc) is 3.31. The highest BCUT2D eigenvalue weighted by Gasteiger charge is 2.34. The maximum atomic E-state index is 12.6. The van der Waals surface area contributed by atoms with Crippen LogP contribution in [0.1, 0.15) is 35.3 Å². The van der Waals surface area contributed by atoms with Crippen molar-refractivity contribution in [3.05, 3.63) is 35.9 Å². The van der Waals surface area contributed by atoms with E-state index in [0.29, 0.717) is 17.4 Å². The molecular formula is C18H24N6O. The van der Waals surface area contributed by atoms with Crippen LogP contribution in [-0.2, 0) is 0 Å². The lowest BCUT2D eigenvalue weighted by atomic mass is 9.84. The summed E-state index contributed by atoms with van der Waals surface area (Å²) in [6.45, 7) is 5.63. The van der Waals surface area contributed by atoms with Gasteiger partial charge in [-0.1, -0.05) is 0 Å². The van der Waals surface area contributed by atoms with E-state index in [4.69, 9.17) is 0 Å². The van der Waals surface area contributed by atoms with Crippen LogP contribution in [0.3, 0.4) is 0 Å². The Kier molecular flexibility index (Phi) is 4.38. The number of aromatic amines is 1. The van der Waals surface area contributed by atoms with Crippen LogP contribution in [0.2, 0.25) is 0 Å². The normalized spacial score (nSPS) is 21.7. The van der Waals surface area contributed by atoms with Crippen LogP contribution >= 0.6 is 0 Å². The van der Waals surface area contributed by atoms with Crippen molar-refractivity contribution >= 4 is 11.9 Å². The zero-order valence-corrected chi connectivity index (χ0v) is 14.6. The molecule has 2 fully saturated rings. The molecule has 132 valence electrons. The molecule has 0 saturated carbocycles. The minimum Gasteiger partial charge on any atom is -0.341 e. The second kappa shape index (κ2) is 6.82. The SMILES string of the molecule is Cc1[nH]ncc1C(=O)N1CC[C@H](C2CCN(c3ncccn3)CC2)C1. The van der Waals surface area contributed by atoms with E-state index in [9.17, 15) is 4.79 Å². The van der Waals surface area contributed by atoms with Gasteiger partial charge in [0.05, 0.1) is 11.8 Å². The number of rotatable bonds is 3. The summed E-state index contributed by atoms with van der Waals surface area (Å²) in [5.41, 5.74) is 1.56. The number of H-pyrrole nitrogens is 1. The molecule has 2 aromatic rings. The van der Waals surface area contributed by atoms with E-state index in [1.54, 1.807) is 18.6 Å². The standard InChI is InChI=1S/C18H24N6O/c1-13-16(11-21-22-13)17(25)24-10-5-15(12-24)14-3-8-23(9-4-14)18-19-6-2-7-20-18/h2,6-7,11,14-15H,3-5,8-10,12H2,1H3,(H,21,22)/t15-/m0/s1. The Bertz CT molecular complexity index is 722. The predicted octanol–water partition coefficient (Wildman–Crippen LogP) is 1.89. The van der Waals surface area contributed by atoms with Crippen LogP contribution in [0.25, 0.3) is 0 Å². The van der Waals surface area contributed by atoms with Crippen molar-refractivity contribution < 1.29 is 4.79 Å². The molecule has 0 spiro atoms. The van der Waals surface area contributed by atoms with Gasteiger partial charge in [0.1, 0.15) is 0 Å². The number of likely N-dealkylation sites (tertiary alicyclic amines) is 1. The molecule has 1 N–H and O–H groups in total. The number of nitrogens with one attached hydrogen (secondary N) is 1. The van der Waals surface area contributed by atoms with E-state index in [1.165, 1.54) is 0 Å². The van der Waals surface area contributed by atoms with E-state index < -0.39 is 0 Å².